The molecule has 0 saturated carbocycles. The van der Waals surface area contributed by atoms with Gasteiger partial charge in [0.25, 0.3) is 0 Å². The van der Waals surface area contributed by atoms with Gasteiger partial charge in [-0.2, -0.15) is 26.3 Å². The third-order valence-corrected chi connectivity index (χ3v) is 2.36. The van der Waals surface area contributed by atoms with Gasteiger partial charge in [-0.1, -0.05) is 0 Å². The van der Waals surface area contributed by atoms with E-state index in [0.717, 1.165) is 7.11 Å². The standard InChI is InChI=1S/C12H10F6O3/c1-20-10(19)6-21-5-7-2-8(11(13,14)15)4-9(3-7)12(16,17)18/h2-4H,5-6H2,1H3. The number of carbonyl (C=O) groups is 1. The topological polar surface area (TPSA) is 35.5 Å². The average molecular weight is 316 g/mol. The van der Waals surface area contributed by atoms with Crippen molar-refractivity contribution >= 4 is 5.97 Å². The molecule has 0 spiro atoms. The predicted molar refractivity (Wildman–Crippen MR) is 58.1 cm³/mol. The first-order valence-electron chi connectivity index (χ1n) is 5.47. The molecule has 1 aromatic carbocycles. The largest absolute Gasteiger partial charge is 0.467 e. The van der Waals surface area contributed by atoms with Gasteiger partial charge in [-0.25, -0.2) is 4.79 Å². The molecule has 0 aromatic heterocycles. The molecule has 0 fully saturated rings. The summed E-state index contributed by atoms with van der Waals surface area (Å²) >= 11 is 0. The Bertz CT molecular complexity index is 474. The maximum absolute atomic E-state index is 12.6. The molecular formula is C12H10F6O3. The quantitative estimate of drug-likeness (QED) is 0.631. The Kier molecular flexibility index (Phi) is 5.21. The fraction of sp³-hybridized carbons (Fsp3) is 0.417. The lowest BCUT2D eigenvalue weighted by atomic mass is 10.1. The molecule has 0 saturated heterocycles. The summed E-state index contributed by atoms with van der Waals surface area (Å²) in [6.07, 6.45) is -9.84. The summed E-state index contributed by atoms with van der Waals surface area (Å²) in [5, 5.41) is 0. The maximum atomic E-state index is 12.6. The van der Waals surface area contributed by atoms with Crippen LogP contribution in [0.5, 0.6) is 0 Å². The Balaban J connectivity index is 3.00. The van der Waals surface area contributed by atoms with E-state index in [2.05, 4.69) is 4.74 Å². The fourth-order valence-corrected chi connectivity index (χ4v) is 1.41. The first-order valence-corrected chi connectivity index (χ1v) is 5.47. The Morgan fingerprint density at radius 2 is 1.48 bits per heavy atom. The summed E-state index contributed by atoms with van der Waals surface area (Å²) in [5.41, 5.74) is -3.22. The van der Waals surface area contributed by atoms with Crippen LogP contribution in [-0.4, -0.2) is 19.7 Å². The van der Waals surface area contributed by atoms with Gasteiger partial charge in [0.15, 0.2) is 0 Å². The Hall–Kier alpha value is -1.77. The molecule has 1 rings (SSSR count). The van der Waals surface area contributed by atoms with Gasteiger partial charge in [-0.05, 0) is 23.8 Å². The van der Waals surface area contributed by atoms with Crippen molar-refractivity contribution in [2.45, 2.75) is 19.0 Å². The number of esters is 1. The first kappa shape index (κ1) is 17.3. The van der Waals surface area contributed by atoms with Gasteiger partial charge in [-0.15, -0.1) is 0 Å². The zero-order valence-corrected chi connectivity index (χ0v) is 10.6. The van der Waals surface area contributed by atoms with Crippen LogP contribution in [0.15, 0.2) is 18.2 Å². The lowest BCUT2D eigenvalue weighted by molar-refractivity contribution is -0.147. The highest BCUT2D eigenvalue weighted by atomic mass is 19.4. The van der Waals surface area contributed by atoms with E-state index in [0.29, 0.717) is 12.1 Å². The third kappa shape index (κ3) is 5.25. The van der Waals surface area contributed by atoms with Gasteiger partial charge in [0, 0.05) is 0 Å². The molecule has 0 amide bonds. The van der Waals surface area contributed by atoms with Crippen LogP contribution in [0.1, 0.15) is 16.7 Å². The number of methoxy groups -OCH3 is 1. The van der Waals surface area contributed by atoms with Crippen LogP contribution in [-0.2, 0) is 33.2 Å². The van der Waals surface area contributed by atoms with Gasteiger partial charge in [0.05, 0.1) is 24.8 Å². The Morgan fingerprint density at radius 1 is 1.00 bits per heavy atom. The van der Waals surface area contributed by atoms with Gasteiger partial charge in [-0.3, -0.25) is 0 Å². The molecule has 0 N–H and O–H groups in total. The van der Waals surface area contributed by atoms with Crippen LogP contribution in [0, 0.1) is 0 Å². The van der Waals surface area contributed by atoms with Crippen LogP contribution < -0.4 is 0 Å². The lowest BCUT2D eigenvalue weighted by Gasteiger charge is -2.14. The van der Waals surface area contributed by atoms with Crippen molar-refractivity contribution in [3.05, 3.63) is 34.9 Å². The van der Waals surface area contributed by atoms with Crippen molar-refractivity contribution in [1.29, 1.82) is 0 Å². The van der Waals surface area contributed by atoms with Crippen molar-refractivity contribution in [3.63, 3.8) is 0 Å². The molecule has 0 atom stereocenters. The summed E-state index contributed by atoms with van der Waals surface area (Å²) < 4.78 is 84.3. The molecule has 0 heterocycles. The van der Waals surface area contributed by atoms with Crippen LogP contribution in [0.2, 0.25) is 0 Å². The molecule has 0 bridgehead atoms. The molecule has 0 aliphatic heterocycles. The molecule has 0 aliphatic rings. The average Bonchev–Trinajstić information content (AvgIpc) is 2.36. The minimum absolute atomic E-state index is 0.0177. The molecular weight excluding hydrogens is 306 g/mol. The number of alkyl halides is 6. The molecule has 9 heteroatoms. The summed E-state index contributed by atoms with van der Waals surface area (Å²) in [6, 6.07) is 1.09. The second kappa shape index (κ2) is 6.33. The summed E-state index contributed by atoms with van der Waals surface area (Å²) in [7, 11) is 1.07. The Labute approximate surface area is 115 Å². The van der Waals surface area contributed by atoms with Crippen molar-refractivity contribution in [3.8, 4) is 0 Å². The molecule has 3 nitrogen and oxygen atoms in total. The Morgan fingerprint density at radius 3 is 1.86 bits per heavy atom. The fourth-order valence-electron chi connectivity index (χ4n) is 1.41. The number of halogens is 6. The van der Waals surface area contributed by atoms with E-state index in [1.807, 2.05) is 0 Å². The SMILES string of the molecule is COC(=O)COCc1cc(C(F)(F)F)cc(C(F)(F)F)c1. The maximum Gasteiger partial charge on any atom is 0.416 e. The van der Waals surface area contributed by atoms with E-state index in [1.54, 1.807) is 0 Å². The van der Waals surface area contributed by atoms with E-state index < -0.39 is 42.7 Å². The second-order valence-electron chi connectivity index (χ2n) is 3.98. The summed E-state index contributed by atoms with van der Waals surface area (Å²) in [4.78, 5) is 10.7. The summed E-state index contributed by atoms with van der Waals surface area (Å²) in [6.45, 7) is -1.16. The number of hydrogen-bond donors (Lipinski definition) is 0. The van der Waals surface area contributed by atoms with Gasteiger partial charge in [0.2, 0.25) is 0 Å². The van der Waals surface area contributed by atoms with Gasteiger partial charge < -0.3 is 9.47 Å². The minimum Gasteiger partial charge on any atom is -0.467 e. The zero-order valence-electron chi connectivity index (χ0n) is 10.6. The van der Waals surface area contributed by atoms with E-state index in [1.165, 1.54) is 0 Å². The second-order valence-corrected chi connectivity index (χ2v) is 3.98. The van der Waals surface area contributed by atoms with Crippen LogP contribution in [0.4, 0.5) is 26.3 Å². The highest BCUT2D eigenvalue weighted by Gasteiger charge is 2.36. The number of benzene rings is 1. The third-order valence-electron chi connectivity index (χ3n) is 2.36. The van der Waals surface area contributed by atoms with Crippen molar-refractivity contribution < 1.29 is 40.6 Å². The normalized spacial score (nSPS) is 12.3. The number of carbonyl (C=O) groups excluding carboxylic acids is 1. The number of hydrogen-bond acceptors (Lipinski definition) is 3. The van der Waals surface area contributed by atoms with Crippen LogP contribution in [0.25, 0.3) is 0 Å². The van der Waals surface area contributed by atoms with E-state index in [4.69, 9.17) is 4.74 Å². The van der Waals surface area contributed by atoms with Crippen molar-refractivity contribution in [2.75, 3.05) is 13.7 Å². The molecule has 118 valence electrons. The van der Waals surface area contributed by atoms with Crippen molar-refractivity contribution in [1.82, 2.24) is 0 Å². The summed E-state index contributed by atoms with van der Waals surface area (Å²) in [5.74, 6) is -0.793. The van der Waals surface area contributed by atoms with Crippen LogP contribution in [0.3, 0.4) is 0 Å². The number of rotatable bonds is 4. The molecule has 21 heavy (non-hydrogen) atoms. The van der Waals surface area contributed by atoms with Gasteiger partial charge in [0.1, 0.15) is 6.61 Å². The van der Waals surface area contributed by atoms with E-state index in [9.17, 15) is 31.1 Å². The van der Waals surface area contributed by atoms with Crippen molar-refractivity contribution in [2.24, 2.45) is 0 Å². The molecule has 1 aromatic rings. The highest BCUT2D eigenvalue weighted by molar-refractivity contribution is 5.70. The minimum atomic E-state index is -4.92. The predicted octanol–water partition coefficient (Wildman–Crippen LogP) is 3.41. The highest BCUT2D eigenvalue weighted by Crippen LogP contribution is 2.36. The first-order chi connectivity index (χ1) is 9.54. The molecule has 0 aliphatic carbocycles. The zero-order chi connectivity index (χ0) is 16.3. The smallest absolute Gasteiger partial charge is 0.416 e. The monoisotopic (exact) mass is 316 g/mol. The van der Waals surface area contributed by atoms with E-state index >= 15 is 0 Å². The number of ether oxygens (including phenoxy) is 2. The van der Waals surface area contributed by atoms with Gasteiger partial charge >= 0.3 is 18.3 Å². The van der Waals surface area contributed by atoms with Crippen LogP contribution >= 0.6 is 0 Å². The lowest BCUT2D eigenvalue weighted by Crippen LogP contribution is -2.13. The molecule has 0 radical (unpaired) electrons. The van der Waals surface area contributed by atoms with E-state index in [-0.39, 0.29) is 11.6 Å². The molecule has 0 unspecified atom stereocenters.